The number of carboxylic acid groups (broad SMARTS) is 1. The second-order valence-electron chi connectivity index (χ2n) is 5.01. The van der Waals surface area contributed by atoms with Crippen molar-refractivity contribution < 1.29 is 19.5 Å². The number of carbonyl (C=O) groups excluding carboxylic acids is 1. The van der Waals surface area contributed by atoms with Gasteiger partial charge in [0.1, 0.15) is 0 Å². The molecular formula is C12H24N2O4. The standard InChI is InChI=1S/C12H24N2O4/c1-7(2)9(11(15)14(5)18-6)10(8(3)4)13-12(16)17/h7-10,13H,1-6H3,(H,16,17). The van der Waals surface area contributed by atoms with E-state index in [2.05, 4.69) is 5.32 Å². The van der Waals surface area contributed by atoms with Crippen molar-refractivity contribution in [2.45, 2.75) is 33.7 Å². The average Bonchev–Trinajstić information content (AvgIpc) is 2.25. The number of hydrogen-bond donors (Lipinski definition) is 2. The molecule has 2 unspecified atom stereocenters. The summed E-state index contributed by atoms with van der Waals surface area (Å²) in [5, 5.41) is 12.5. The van der Waals surface area contributed by atoms with E-state index in [1.807, 2.05) is 27.7 Å². The van der Waals surface area contributed by atoms with Gasteiger partial charge in [0, 0.05) is 13.1 Å². The molecule has 0 aromatic carbocycles. The highest BCUT2D eigenvalue weighted by molar-refractivity contribution is 5.79. The maximum absolute atomic E-state index is 12.2. The number of hydroxylamine groups is 2. The summed E-state index contributed by atoms with van der Waals surface area (Å²) < 4.78 is 0. The van der Waals surface area contributed by atoms with E-state index in [0.29, 0.717) is 0 Å². The Labute approximate surface area is 108 Å². The maximum atomic E-state index is 12.2. The molecule has 0 radical (unpaired) electrons. The fraction of sp³-hybridized carbons (Fsp3) is 0.833. The van der Waals surface area contributed by atoms with Crippen LogP contribution in [0.5, 0.6) is 0 Å². The largest absolute Gasteiger partial charge is 0.465 e. The van der Waals surface area contributed by atoms with Gasteiger partial charge in [-0.1, -0.05) is 27.7 Å². The zero-order chi connectivity index (χ0) is 14.5. The van der Waals surface area contributed by atoms with Gasteiger partial charge in [-0.25, -0.2) is 9.86 Å². The minimum Gasteiger partial charge on any atom is -0.465 e. The predicted molar refractivity (Wildman–Crippen MR) is 67.9 cm³/mol. The Morgan fingerprint density at radius 3 is 1.94 bits per heavy atom. The Kier molecular flexibility index (Phi) is 6.68. The van der Waals surface area contributed by atoms with E-state index in [1.54, 1.807) is 0 Å². The molecule has 0 aliphatic carbocycles. The van der Waals surface area contributed by atoms with Crippen molar-refractivity contribution >= 4 is 12.0 Å². The van der Waals surface area contributed by atoms with E-state index in [4.69, 9.17) is 9.94 Å². The second kappa shape index (κ2) is 7.20. The Bertz CT molecular complexity index is 292. The molecular weight excluding hydrogens is 236 g/mol. The van der Waals surface area contributed by atoms with Crippen LogP contribution in [-0.2, 0) is 9.63 Å². The third kappa shape index (κ3) is 4.52. The molecule has 0 fully saturated rings. The molecule has 0 heterocycles. The van der Waals surface area contributed by atoms with Gasteiger partial charge in [-0.05, 0) is 11.8 Å². The molecule has 2 N–H and O–H groups in total. The normalized spacial score (nSPS) is 14.4. The van der Waals surface area contributed by atoms with Gasteiger partial charge in [0.2, 0.25) is 0 Å². The summed E-state index contributed by atoms with van der Waals surface area (Å²) in [6.07, 6.45) is -1.12. The van der Waals surface area contributed by atoms with E-state index in [9.17, 15) is 9.59 Å². The average molecular weight is 260 g/mol. The molecule has 0 saturated carbocycles. The molecule has 0 spiro atoms. The molecule has 2 atom stereocenters. The van der Waals surface area contributed by atoms with Crippen molar-refractivity contribution in [1.29, 1.82) is 0 Å². The van der Waals surface area contributed by atoms with Crippen LogP contribution in [-0.4, -0.2) is 42.4 Å². The number of nitrogens with zero attached hydrogens (tertiary/aromatic N) is 1. The van der Waals surface area contributed by atoms with E-state index in [-0.39, 0.29) is 17.7 Å². The molecule has 6 heteroatoms. The van der Waals surface area contributed by atoms with Crippen molar-refractivity contribution in [2.75, 3.05) is 14.2 Å². The summed E-state index contributed by atoms with van der Waals surface area (Å²) in [7, 11) is 2.93. The lowest BCUT2D eigenvalue weighted by molar-refractivity contribution is -0.176. The Morgan fingerprint density at radius 1 is 1.17 bits per heavy atom. The molecule has 106 valence electrons. The maximum Gasteiger partial charge on any atom is 0.404 e. The van der Waals surface area contributed by atoms with Gasteiger partial charge in [-0.3, -0.25) is 9.63 Å². The third-order valence-electron chi connectivity index (χ3n) is 2.98. The van der Waals surface area contributed by atoms with E-state index in [0.717, 1.165) is 5.06 Å². The molecule has 0 bridgehead atoms. The number of rotatable bonds is 6. The Hall–Kier alpha value is -1.30. The summed E-state index contributed by atoms with van der Waals surface area (Å²) in [4.78, 5) is 27.9. The van der Waals surface area contributed by atoms with Crippen LogP contribution in [0.2, 0.25) is 0 Å². The molecule has 0 aromatic heterocycles. The molecule has 0 aromatic rings. The first-order valence-corrected chi connectivity index (χ1v) is 6.03. The summed E-state index contributed by atoms with van der Waals surface area (Å²) in [6.45, 7) is 7.56. The van der Waals surface area contributed by atoms with Gasteiger partial charge in [0.25, 0.3) is 5.91 Å². The third-order valence-corrected chi connectivity index (χ3v) is 2.98. The second-order valence-corrected chi connectivity index (χ2v) is 5.01. The minimum absolute atomic E-state index is 0.00866. The molecule has 0 rings (SSSR count). The fourth-order valence-electron chi connectivity index (χ4n) is 1.97. The topological polar surface area (TPSA) is 78.9 Å². The number of hydrogen-bond acceptors (Lipinski definition) is 3. The molecule has 0 saturated heterocycles. The highest BCUT2D eigenvalue weighted by Gasteiger charge is 2.36. The van der Waals surface area contributed by atoms with Gasteiger partial charge in [0.15, 0.2) is 0 Å². The molecule has 2 amide bonds. The lowest BCUT2D eigenvalue weighted by atomic mass is 9.82. The van der Waals surface area contributed by atoms with E-state index in [1.165, 1.54) is 14.2 Å². The minimum atomic E-state index is -1.12. The fourth-order valence-corrected chi connectivity index (χ4v) is 1.97. The Balaban J connectivity index is 5.15. The first-order valence-electron chi connectivity index (χ1n) is 6.03. The molecule has 0 aliphatic rings. The smallest absolute Gasteiger partial charge is 0.404 e. The van der Waals surface area contributed by atoms with Crippen molar-refractivity contribution in [2.24, 2.45) is 17.8 Å². The van der Waals surface area contributed by atoms with Crippen LogP contribution in [0.25, 0.3) is 0 Å². The lowest BCUT2D eigenvalue weighted by Crippen LogP contribution is -2.51. The van der Waals surface area contributed by atoms with Gasteiger partial charge >= 0.3 is 6.09 Å². The van der Waals surface area contributed by atoms with Gasteiger partial charge in [-0.2, -0.15) is 0 Å². The van der Waals surface area contributed by atoms with E-state index >= 15 is 0 Å². The van der Waals surface area contributed by atoms with Crippen LogP contribution in [0.3, 0.4) is 0 Å². The van der Waals surface area contributed by atoms with Crippen LogP contribution in [0.1, 0.15) is 27.7 Å². The van der Waals surface area contributed by atoms with Crippen molar-refractivity contribution in [3.05, 3.63) is 0 Å². The summed E-state index contributed by atoms with van der Waals surface area (Å²) in [5.41, 5.74) is 0. The first kappa shape index (κ1) is 16.7. The van der Waals surface area contributed by atoms with Gasteiger partial charge in [-0.15, -0.1) is 0 Å². The number of carbonyl (C=O) groups is 2. The zero-order valence-corrected chi connectivity index (χ0v) is 11.9. The SMILES string of the molecule is CON(C)C(=O)C(C(C)C)C(NC(=O)O)C(C)C. The van der Waals surface area contributed by atoms with Gasteiger partial charge in [0.05, 0.1) is 13.0 Å². The predicted octanol–water partition coefficient (Wildman–Crippen LogP) is 1.57. The summed E-state index contributed by atoms with van der Waals surface area (Å²) >= 11 is 0. The number of nitrogens with one attached hydrogen (secondary N) is 1. The molecule has 18 heavy (non-hydrogen) atoms. The van der Waals surface area contributed by atoms with Crippen molar-refractivity contribution in [3.8, 4) is 0 Å². The van der Waals surface area contributed by atoms with Crippen LogP contribution in [0.15, 0.2) is 0 Å². The quantitative estimate of drug-likeness (QED) is 0.710. The monoisotopic (exact) mass is 260 g/mol. The first-order chi connectivity index (χ1) is 8.22. The van der Waals surface area contributed by atoms with Crippen LogP contribution < -0.4 is 5.32 Å². The van der Waals surface area contributed by atoms with Crippen LogP contribution in [0.4, 0.5) is 4.79 Å². The van der Waals surface area contributed by atoms with Gasteiger partial charge < -0.3 is 10.4 Å². The van der Waals surface area contributed by atoms with Crippen molar-refractivity contribution in [3.63, 3.8) is 0 Å². The molecule has 6 nitrogen and oxygen atoms in total. The highest BCUT2D eigenvalue weighted by Crippen LogP contribution is 2.23. The molecule has 0 aliphatic heterocycles. The number of amides is 2. The summed E-state index contributed by atoms with van der Waals surface area (Å²) in [5.74, 6) is -0.650. The Morgan fingerprint density at radius 2 is 1.67 bits per heavy atom. The van der Waals surface area contributed by atoms with Crippen LogP contribution in [0, 0.1) is 17.8 Å². The zero-order valence-electron chi connectivity index (χ0n) is 11.9. The summed E-state index contributed by atoms with van der Waals surface area (Å²) in [6, 6.07) is -0.437. The lowest BCUT2D eigenvalue weighted by Gasteiger charge is -2.33. The van der Waals surface area contributed by atoms with Crippen LogP contribution >= 0.6 is 0 Å². The highest BCUT2D eigenvalue weighted by atomic mass is 16.7. The van der Waals surface area contributed by atoms with Crippen molar-refractivity contribution in [1.82, 2.24) is 10.4 Å². The van der Waals surface area contributed by atoms with E-state index < -0.39 is 18.1 Å².